The van der Waals surface area contributed by atoms with Crippen molar-refractivity contribution >= 4 is 310 Å². The van der Waals surface area contributed by atoms with Crippen molar-refractivity contribution in [2.75, 3.05) is 0 Å². The van der Waals surface area contributed by atoms with Crippen LogP contribution < -0.4 is 0 Å². The molecular weight excluding hydrogens is 496 g/mol. The molecule has 9 nitrogen and oxygen atoms in total. The predicted octanol–water partition coefficient (Wildman–Crippen LogP) is -6.30. The Morgan fingerprint density at radius 2 is 0.500 bits per heavy atom. The summed E-state index contributed by atoms with van der Waals surface area (Å²) in [6, 6.07) is 0. The Morgan fingerprint density at radius 1 is 0.500 bits per heavy atom. The molecule has 0 aliphatic carbocycles. The molecule has 0 aromatic rings. The molecule has 0 aliphatic heterocycles. The minimum atomic E-state index is -4.64. The molecule has 0 amide bonds. The zero-order valence-corrected chi connectivity index (χ0v) is 28.9. The van der Waals surface area contributed by atoms with Gasteiger partial charge in [-0.3, -0.25) is 0 Å². The van der Waals surface area contributed by atoms with Gasteiger partial charge in [0.1, 0.15) is 0 Å². The third-order valence-electron chi connectivity index (χ3n) is 0. The van der Waals surface area contributed by atoms with Crippen molar-refractivity contribution in [3.8, 4) is 0 Å². The van der Waals surface area contributed by atoms with Gasteiger partial charge < -0.3 is 64.9 Å². The number of hydrogen-bond donors (Lipinski definition) is 3. The molecular formula is H29Ca8O9P. The second-order valence-corrected chi connectivity index (χ2v) is 1.54. The van der Waals surface area contributed by atoms with E-state index in [1.165, 1.54) is 0 Å². The molecule has 0 aromatic heterocycles. The molecule has 0 saturated heterocycles. The molecule has 0 aromatic carbocycles. The second kappa shape index (κ2) is 71.3. The van der Waals surface area contributed by atoms with E-state index in [1.807, 2.05) is 0 Å². The smallest absolute Gasteiger partial charge is 1.00 e. The van der Waals surface area contributed by atoms with E-state index >= 15 is 0 Å². The molecule has 0 unspecified atom stereocenters. The molecule has 0 radical (unpaired) electrons. The quantitative estimate of drug-likeness (QED) is 0.207. The average molecular weight is 525 g/mol. The SMILES string of the molecule is O.O.O.O.O.O=P(O)(O)O.[Ca+2].[Ca+2].[Ca+2].[Ca+2].[Ca+2].[Ca+2].[Ca+2].[Ca+2].[H-].[H-].[H-].[H-].[H-].[H-].[H-].[H-].[H-].[H-].[H-].[H-].[H-].[H-].[H-].[H-]. The van der Waals surface area contributed by atoms with Crippen LogP contribution in [0, 0.1) is 0 Å². The number of rotatable bonds is 0. The zero-order valence-electron chi connectivity index (χ0n) is 26.4. The van der Waals surface area contributed by atoms with Crippen LogP contribution >= 0.6 is 7.82 Å². The largest absolute Gasteiger partial charge is 2.00 e. The van der Waals surface area contributed by atoms with Gasteiger partial charge in [-0.1, -0.05) is 0 Å². The van der Waals surface area contributed by atoms with E-state index in [9.17, 15) is 0 Å². The van der Waals surface area contributed by atoms with Gasteiger partial charge in [0.15, 0.2) is 0 Å². The van der Waals surface area contributed by atoms with Gasteiger partial charge in [0.05, 0.1) is 0 Å². The first-order chi connectivity index (χ1) is 2.00. The van der Waals surface area contributed by atoms with E-state index in [2.05, 4.69) is 0 Å². The van der Waals surface area contributed by atoms with Crippen LogP contribution in [0.3, 0.4) is 0 Å². The molecule has 0 heterocycles. The van der Waals surface area contributed by atoms with Crippen molar-refractivity contribution in [3.63, 3.8) is 0 Å². The third kappa shape index (κ3) is 163. The Kier molecular flexibility index (Phi) is 413. The molecule has 0 spiro atoms. The monoisotopic (exact) mass is 524 g/mol. The Bertz CT molecular complexity index is 103. The molecule has 0 fully saturated rings. The Hall–Kier alpha value is 9.99. The first kappa shape index (κ1) is 104. The summed E-state index contributed by atoms with van der Waals surface area (Å²) in [5.74, 6) is 0. The van der Waals surface area contributed by atoms with Gasteiger partial charge in [-0.05, 0) is 0 Å². The van der Waals surface area contributed by atoms with Crippen LogP contribution in [0.5, 0.6) is 0 Å². The summed E-state index contributed by atoms with van der Waals surface area (Å²) >= 11 is 0. The topological polar surface area (TPSA) is 235 Å². The molecule has 18 heteroatoms. The molecule has 0 bridgehead atoms. The molecule has 13 N–H and O–H groups in total. The van der Waals surface area contributed by atoms with E-state index < -0.39 is 7.82 Å². The van der Waals surface area contributed by atoms with Gasteiger partial charge in [0.25, 0.3) is 0 Å². The number of phosphoric acid groups is 1. The van der Waals surface area contributed by atoms with Crippen LogP contribution in [0.1, 0.15) is 22.8 Å². The van der Waals surface area contributed by atoms with Crippen molar-refractivity contribution < 1.29 is 69.5 Å². The van der Waals surface area contributed by atoms with Crippen LogP contribution in [-0.4, -0.2) is 344 Å². The summed E-state index contributed by atoms with van der Waals surface area (Å²) in [5, 5.41) is 0. The van der Waals surface area contributed by atoms with Gasteiger partial charge in [-0.15, -0.1) is 0 Å². The van der Waals surface area contributed by atoms with E-state index in [4.69, 9.17) is 19.2 Å². The summed E-state index contributed by atoms with van der Waals surface area (Å²) in [5.41, 5.74) is 0. The van der Waals surface area contributed by atoms with Crippen LogP contribution in [0.15, 0.2) is 0 Å². The maximum Gasteiger partial charge on any atom is 2.00 e. The van der Waals surface area contributed by atoms with Gasteiger partial charge in [0.2, 0.25) is 0 Å². The minimum Gasteiger partial charge on any atom is -1.00 e. The fourth-order valence-electron chi connectivity index (χ4n) is 0. The molecule has 18 heavy (non-hydrogen) atoms. The van der Waals surface area contributed by atoms with Crippen molar-refractivity contribution in [2.45, 2.75) is 0 Å². The fraction of sp³-hybridized carbons (Fsp3) is 0. The summed E-state index contributed by atoms with van der Waals surface area (Å²) in [7, 11) is -4.64. The van der Waals surface area contributed by atoms with Crippen molar-refractivity contribution in [3.05, 3.63) is 0 Å². The van der Waals surface area contributed by atoms with Crippen molar-refractivity contribution in [2.24, 2.45) is 0 Å². The molecule has 0 saturated carbocycles. The first-order valence-electron chi connectivity index (χ1n) is 0.783. The van der Waals surface area contributed by atoms with Gasteiger partial charge in [-0.25, -0.2) is 4.57 Å². The van der Waals surface area contributed by atoms with Crippen LogP contribution in [0.4, 0.5) is 0 Å². The van der Waals surface area contributed by atoms with Gasteiger partial charge in [-0.2, -0.15) is 0 Å². The summed E-state index contributed by atoms with van der Waals surface area (Å²) in [6.07, 6.45) is 0. The fourth-order valence-corrected chi connectivity index (χ4v) is 0. The summed E-state index contributed by atoms with van der Waals surface area (Å²) in [6.45, 7) is 0. The van der Waals surface area contributed by atoms with E-state index in [-0.39, 0.29) is 352 Å². The first-order valence-corrected chi connectivity index (χ1v) is 2.35. The molecule has 104 valence electrons. The van der Waals surface area contributed by atoms with E-state index in [0.717, 1.165) is 0 Å². The van der Waals surface area contributed by atoms with Crippen molar-refractivity contribution in [1.82, 2.24) is 0 Å². The molecule has 0 aliphatic rings. The van der Waals surface area contributed by atoms with E-state index in [1.54, 1.807) is 0 Å². The number of hydrogen-bond acceptors (Lipinski definition) is 1. The minimum absolute atomic E-state index is 0. The molecule has 0 rings (SSSR count). The van der Waals surface area contributed by atoms with Crippen LogP contribution in [0.25, 0.3) is 0 Å². The Labute approximate surface area is 368 Å². The van der Waals surface area contributed by atoms with Gasteiger partial charge in [0, 0.05) is 0 Å². The molecule has 0 atom stereocenters. The standard InChI is InChI=1S/8Ca.H3O4P.5H2O.16H/c;;;;;;;;1-5(2,3)4;;;;;;;;;;;;;;;;;;;;;/h;;;;;;;;(H3,1,2,3,4);5*1H2;;;;;;;;;;;;;;;;/q8*+2;;;;;;;16*-1. The third-order valence-corrected chi connectivity index (χ3v) is 0. The maximum absolute atomic E-state index is 8.88. The van der Waals surface area contributed by atoms with Crippen molar-refractivity contribution in [1.29, 1.82) is 0 Å². The summed E-state index contributed by atoms with van der Waals surface area (Å²) in [4.78, 5) is 21.6. The predicted molar refractivity (Wildman–Crippen MR) is 96.2 cm³/mol. The zero-order chi connectivity index (χ0) is 4.50. The van der Waals surface area contributed by atoms with Gasteiger partial charge >= 0.3 is 310 Å². The van der Waals surface area contributed by atoms with Crippen LogP contribution in [0.2, 0.25) is 0 Å². The van der Waals surface area contributed by atoms with Crippen LogP contribution in [-0.2, 0) is 4.57 Å². The van der Waals surface area contributed by atoms with E-state index in [0.29, 0.717) is 0 Å². The average Bonchev–Trinajstić information content (AvgIpc) is 0.722. The normalized spacial score (nSPS) is 3.28. The summed E-state index contributed by atoms with van der Waals surface area (Å²) < 4.78 is 8.88. The Morgan fingerprint density at radius 3 is 0.500 bits per heavy atom. The second-order valence-electron chi connectivity index (χ2n) is 0.513. The maximum atomic E-state index is 8.88. The Balaban J connectivity index is -0.000000000197.